The molecule has 3 nitrogen and oxygen atoms in total. The molecule has 0 bridgehead atoms. The van der Waals surface area contributed by atoms with Gasteiger partial charge in [-0.2, -0.15) is 0 Å². The number of likely N-dealkylation sites (tertiary alicyclic amines) is 1. The molecule has 2 rings (SSSR count). The second-order valence-electron chi connectivity index (χ2n) is 5.18. The molecule has 1 fully saturated rings. The van der Waals surface area contributed by atoms with E-state index in [1.54, 1.807) is 0 Å². The van der Waals surface area contributed by atoms with E-state index < -0.39 is 0 Å². The van der Waals surface area contributed by atoms with E-state index in [4.69, 9.17) is 0 Å². The first kappa shape index (κ1) is 14.0. The van der Waals surface area contributed by atoms with Crippen LogP contribution in [0.4, 0.5) is 4.39 Å². The molecule has 0 spiro atoms. The van der Waals surface area contributed by atoms with Gasteiger partial charge in [0.05, 0.1) is 0 Å². The van der Waals surface area contributed by atoms with Crippen LogP contribution in [-0.4, -0.2) is 37.5 Å². The Morgan fingerprint density at radius 3 is 2.84 bits per heavy atom. The lowest BCUT2D eigenvalue weighted by molar-refractivity contribution is -0.130. The van der Waals surface area contributed by atoms with Gasteiger partial charge in [-0.05, 0) is 43.5 Å². The van der Waals surface area contributed by atoms with Crippen molar-refractivity contribution >= 4 is 5.91 Å². The Morgan fingerprint density at radius 1 is 1.42 bits per heavy atom. The summed E-state index contributed by atoms with van der Waals surface area (Å²) in [6.07, 6.45) is 2.54. The van der Waals surface area contributed by atoms with Crippen molar-refractivity contribution in [3.63, 3.8) is 0 Å². The zero-order chi connectivity index (χ0) is 13.7. The first-order valence-corrected chi connectivity index (χ1v) is 6.86. The van der Waals surface area contributed by atoms with Crippen LogP contribution in [0.2, 0.25) is 0 Å². The highest BCUT2D eigenvalue weighted by Crippen LogP contribution is 2.21. The van der Waals surface area contributed by atoms with Crippen molar-refractivity contribution in [3.8, 4) is 0 Å². The molecule has 19 heavy (non-hydrogen) atoms. The number of benzene rings is 1. The lowest BCUT2D eigenvalue weighted by atomic mass is 9.99. The zero-order valence-corrected chi connectivity index (χ0v) is 11.4. The molecular weight excluding hydrogens is 243 g/mol. The molecule has 1 aromatic rings. The third-order valence-electron chi connectivity index (χ3n) is 3.67. The lowest BCUT2D eigenvalue weighted by Gasteiger charge is -2.16. The molecule has 0 aromatic heterocycles. The van der Waals surface area contributed by atoms with E-state index in [-0.39, 0.29) is 11.7 Å². The topological polar surface area (TPSA) is 32.3 Å². The van der Waals surface area contributed by atoms with E-state index in [9.17, 15) is 9.18 Å². The molecule has 0 saturated carbocycles. The average Bonchev–Trinajstić information content (AvgIpc) is 2.87. The Labute approximate surface area is 113 Å². The Balaban J connectivity index is 1.81. The van der Waals surface area contributed by atoms with Crippen LogP contribution in [0.3, 0.4) is 0 Å². The van der Waals surface area contributed by atoms with Gasteiger partial charge in [-0.3, -0.25) is 4.79 Å². The standard InChI is InChI=1S/C15H21FN2O/c1-17-8-6-15(19)18-9-7-13(11-18)10-12-2-4-14(16)5-3-12/h2-5,13,17H,6-11H2,1H3. The highest BCUT2D eigenvalue weighted by molar-refractivity contribution is 5.76. The molecular formula is C15H21FN2O. The van der Waals surface area contributed by atoms with Gasteiger partial charge < -0.3 is 10.2 Å². The molecule has 1 aliphatic rings. The fourth-order valence-electron chi connectivity index (χ4n) is 2.57. The minimum absolute atomic E-state index is 0.195. The van der Waals surface area contributed by atoms with E-state index >= 15 is 0 Å². The summed E-state index contributed by atoms with van der Waals surface area (Å²) >= 11 is 0. The molecule has 1 aliphatic heterocycles. The summed E-state index contributed by atoms with van der Waals surface area (Å²) in [7, 11) is 1.86. The molecule has 1 aromatic carbocycles. The van der Waals surface area contributed by atoms with Gasteiger partial charge in [0.2, 0.25) is 5.91 Å². The van der Waals surface area contributed by atoms with E-state index in [1.807, 2.05) is 24.1 Å². The molecule has 104 valence electrons. The third kappa shape index (κ3) is 4.03. The van der Waals surface area contributed by atoms with Gasteiger partial charge in [-0.25, -0.2) is 4.39 Å². The first-order valence-electron chi connectivity index (χ1n) is 6.86. The van der Waals surface area contributed by atoms with Gasteiger partial charge >= 0.3 is 0 Å². The maximum absolute atomic E-state index is 12.8. The van der Waals surface area contributed by atoms with Crippen molar-refractivity contribution < 1.29 is 9.18 Å². The molecule has 1 heterocycles. The Kier molecular flexibility index (Phi) is 4.91. The number of amides is 1. The average molecular weight is 264 g/mol. The monoisotopic (exact) mass is 264 g/mol. The molecule has 0 radical (unpaired) electrons. The van der Waals surface area contributed by atoms with Crippen molar-refractivity contribution in [1.29, 1.82) is 0 Å². The zero-order valence-electron chi connectivity index (χ0n) is 11.4. The van der Waals surface area contributed by atoms with Crippen molar-refractivity contribution in [1.82, 2.24) is 10.2 Å². The number of hydrogen-bond acceptors (Lipinski definition) is 2. The fraction of sp³-hybridized carbons (Fsp3) is 0.533. The lowest BCUT2D eigenvalue weighted by Crippen LogP contribution is -2.31. The largest absolute Gasteiger partial charge is 0.342 e. The van der Waals surface area contributed by atoms with Crippen LogP contribution in [0, 0.1) is 11.7 Å². The maximum atomic E-state index is 12.8. The first-order chi connectivity index (χ1) is 9.19. The smallest absolute Gasteiger partial charge is 0.223 e. The van der Waals surface area contributed by atoms with E-state index in [0.717, 1.165) is 38.0 Å². The van der Waals surface area contributed by atoms with E-state index in [1.165, 1.54) is 12.1 Å². The number of nitrogens with one attached hydrogen (secondary N) is 1. The second-order valence-corrected chi connectivity index (χ2v) is 5.18. The van der Waals surface area contributed by atoms with Gasteiger partial charge in [-0.15, -0.1) is 0 Å². The summed E-state index contributed by atoms with van der Waals surface area (Å²) in [5, 5.41) is 3.00. The Morgan fingerprint density at radius 2 is 2.16 bits per heavy atom. The fourth-order valence-corrected chi connectivity index (χ4v) is 2.57. The van der Waals surface area contributed by atoms with Crippen LogP contribution in [-0.2, 0) is 11.2 Å². The number of nitrogens with zero attached hydrogens (tertiary/aromatic N) is 1. The van der Waals surface area contributed by atoms with Gasteiger partial charge in [0.15, 0.2) is 0 Å². The third-order valence-corrected chi connectivity index (χ3v) is 3.67. The van der Waals surface area contributed by atoms with E-state index in [0.29, 0.717) is 12.3 Å². The summed E-state index contributed by atoms with van der Waals surface area (Å²) in [6.45, 7) is 2.42. The van der Waals surface area contributed by atoms with Crippen molar-refractivity contribution in [2.45, 2.75) is 19.3 Å². The summed E-state index contributed by atoms with van der Waals surface area (Å²) in [4.78, 5) is 13.8. The van der Waals surface area contributed by atoms with Crippen molar-refractivity contribution in [2.24, 2.45) is 5.92 Å². The predicted molar refractivity (Wildman–Crippen MR) is 73.3 cm³/mol. The number of halogens is 1. The van der Waals surface area contributed by atoms with Crippen LogP contribution in [0.5, 0.6) is 0 Å². The molecule has 0 aliphatic carbocycles. The summed E-state index contributed by atoms with van der Waals surface area (Å²) in [5.74, 6) is 0.541. The highest BCUT2D eigenvalue weighted by Gasteiger charge is 2.25. The Hall–Kier alpha value is -1.42. The molecule has 1 unspecified atom stereocenters. The van der Waals surface area contributed by atoms with Crippen molar-refractivity contribution in [3.05, 3.63) is 35.6 Å². The van der Waals surface area contributed by atoms with Gasteiger partial charge in [-0.1, -0.05) is 12.1 Å². The SMILES string of the molecule is CNCCC(=O)N1CCC(Cc2ccc(F)cc2)C1. The van der Waals surface area contributed by atoms with Crippen LogP contribution < -0.4 is 5.32 Å². The number of hydrogen-bond donors (Lipinski definition) is 1. The highest BCUT2D eigenvalue weighted by atomic mass is 19.1. The number of carbonyl (C=O) groups excluding carboxylic acids is 1. The quantitative estimate of drug-likeness (QED) is 0.880. The molecule has 1 amide bonds. The molecule has 1 N–H and O–H groups in total. The van der Waals surface area contributed by atoms with Crippen LogP contribution in [0.25, 0.3) is 0 Å². The van der Waals surface area contributed by atoms with E-state index in [2.05, 4.69) is 5.32 Å². The van der Waals surface area contributed by atoms with Gasteiger partial charge in [0, 0.05) is 26.1 Å². The van der Waals surface area contributed by atoms with Crippen LogP contribution >= 0.6 is 0 Å². The normalized spacial score (nSPS) is 18.8. The second kappa shape index (κ2) is 6.66. The molecule has 4 heteroatoms. The molecule has 1 atom stereocenters. The summed E-state index contributed by atoms with van der Waals surface area (Å²) in [6, 6.07) is 6.67. The van der Waals surface area contributed by atoms with Gasteiger partial charge in [0.1, 0.15) is 5.82 Å². The summed E-state index contributed by atoms with van der Waals surface area (Å²) < 4.78 is 12.8. The molecule has 1 saturated heterocycles. The van der Waals surface area contributed by atoms with Crippen molar-refractivity contribution in [2.75, 3.05) is 26.7 Å². The minimum Gasteiger partial charge on any atom is -0.342 e. The maximum Gasteiger partial charge on any atom is 0.223 e. The number of rotatable bonds is 5. The minimum atomic E-state index is -0.195. The summed E-state index contributed by atoms with van der Waals surface area (Å²) in [5.41, 5.74) is 1.15. The van der Waals surface area contributed by atoms with Crippen LogP contribution in [0.15, 0.2) is 24.3 Å². The predicted octanol–water partition coefficient (Wildman–Crippen LogP) is 1.83. The Bertz CT molecular complexity index is 419. The van der Waals surface area contributed by atoms with Crippen LogP contribution in [0.1, 0.15) is 18.4 Å². The number of carbonyl (C=O) groups is 1. The van der Waals surface area contributed by atoms with Gasteiger partial charge in [0.25, 0.3) is 0 Å².